The number of amides is 5. The van der Waals surface area contributed by atoms with Gasteiger partial charge in [0.2, 0.25) is 29.5 Å². The molecule has 0 aromatic heterocycles. The predicted octanol–water partition coefficient (Wildman–Crippen LogP) is -1.62. The molecule has 14 heteroatoms. The molecule has 0 aliphatic heterocycles. The molecule has 5 unspecified atom stereocenters. The highest BCUT2D eigenvalue weighted by molar-refractivity contribution is 5.94. The van der Waals surface area contributed by atoms with Crippen molar-refractivity contribution in [2.75, 3.05) is 0 Å². The van der Waals surface area contributed by atoms with Crippen LogP contribution in [-0.4, -0.2) is 69.9 Å². The van der Waals surface area contributed by atoms with E-state index in [0.717, 1.165) is 0 Å². The van der Waals surface area contributed by atoms with Gasteiger partial charge < -0.3 is 43.4 Å². The van der Waals surface area contributed by atoms with E-state index in [-0.39, 0.29) is 37.9 Å². The van der Waals surface area contributed by atoms with Crippen LogP contribution in [0.4, 0.5) is 0 Å². The smallest absolute Gasteiger partial charge is 0.326 e. The van der Waals surface area contributed by atoms with Gasteiger partial charge in [0, 0.05) is 12.8 Å². The van der Waals surface area contributed by atoms with Gasteiger partial charge in [0.25, 0.3) is 0 Å². The van der Waals surface area contributed by atoms with Crippen LogP contribution in [0.1, 0.15) is 51.5 Å². The largest absolute Gasteiger partial charge is 0.508 e. The quantitative estimate of drug-likeness (QED) is 0.111. The lowest BCUT2D eigenvalue weighted by Crippen LogP contribution is -2.58. The van der Waals surface area contributed by atoms with Gasteiger partial charge in [0.05, 0.1) is 6.04 Å². The highest BCUT2D eigenvalue weighted by Gasteiger charge is 2.33. The molecule has 5 amide bonds. The van der Waals surface area contributed by atoms with Gasteiger partial charge >= 0.3 is 5.97 Å². The summed E-state index contributed by atoms with van der Waals surface area (Å²) in [6, 6.07) is 1.08. The molecular formula is C25H38N6O8. The molecule has 1 rings (SSSR count). The molecule has 0 heterocycles. The maximum atomic E-state index is 13.2. The van der Waals surface area contributed by atoms with E-state index in [0.29, 0.717) is 12.0 Å². The zero-order chi connectivity index (χ0) is 29.7. The van der Waals surface area contributed by atoms with E-state index in [1.807, 2.05) is 0 Å². The molecule has 39 heavy (non-hydrogen) atoms. The zero-order valence-electron chi connectivity index (χ0n) is 22.0. The van der Waals surface area contributed by atoms with Crippen LogP contribution in [0.2, 0.25) is 0 Å². The van der Waals surface area contributed by atoms with Gasteiger partial charge in [-0.3, -0.25) is 24.0 Å². The molecule has 0 fully saturated rings. The summed E-state index contributed by atoms with van der Waals surface area (Å²) in [6.07, 6.45) is -0.426. The monoisotopic (exact) mass is 550 g/mol. The topological polar surface area (TPSA) is 257 Å². The van der Waals surface area contributed by atoms with Crippen LogP contribution in [-0.2, 0) is 35.2 Å². The van der Waals surface area contributed by atoms with Gasteiger partial charge in [-0.1, -0.05) is 32.4 Å². The number of aromatic hydroxyl groups is 1. The summed E-state index contributed by atoms with van der Waals surface area (Å²) in [5.41, 5.74) is 16.9. The second-order valence-electron chi connectivity index (χ2n) is 9.32. The summed E-state index contributed by atoms with van der Waals surface area (Å²) < 4.78 is 0. The van der Waals surface area contributed by atoms with E-state index < -0.39 is 65.6 Å². The standard InChI is InChI=1S/C25H38N6O8/c1-3-13(2)21(24(37)30-18(25(38)39)9-11-20(28)34)31-23(36)17(8-10-19(27)33)29-22(35)16(26)12-14-4-6-15(32)7-5-14/h4-7,13,16-18,21,32H,3,8-12,26H2,1-2H3,(H2,27,33)(H2,28,34)(H,29,35)(H,30,37)(H,31,36)(H,38,39). The Morgan fingerprint density at radius 1 is 0.821 bits per heavy atom. The highest BCUT2D eigenvalue weighted by Crippen LogP contribution is 2.13. The molecule has 0 saturated heterocycles. The molecular weight excluding hydrogens is 512 g/mol. The third-order valence-electron chi connectivity index (χ3n) is 6.13. The molecule has 1 aromatic carbocycles. The van der Waals surface area contributed by atoms with E-state index in [4.69, 9.17) is 17.2 Å². The number of carbonyl (C=O) groups excluding carboxylic acids is 5. The minimum Gasteiger partial charge on any atom is -0.508 e. The number of carbonyl (C=O) groups is 6. The lowest BCUT2D eigenvalue weighted by molar-refractivity contribution is -0.143. The van der Waals surface area contributed by atoms with E-state index >= 15 is 0 Å². The normalized spacial score (nSPS) is 14.6. The van der Waals surface area contributed by atoms with E-state index in [9.17, 15) is 39.0 Å². The van der Waals surface area contributed by atoms with E-state index in [2.05, 4.69) is 16.0 Å². The van der Waals surface area contributed by atoms with Gasteiger partial charge in [-0.05, 0) is 42.9 Å². The molecule has 11 N–H and O–H groups in total. The summed E-state index contributed by atoms with van der Waals surface area (Å²) in [7, 11) is 0. The molecule has 0 aliphatic rings. The molecule has 14 nitrogen and oxygen atoms in total. The average Bonchev–Trinajstić information content (AvgIpc) is 2.87. The van der Waals surface area contributed by atoms with Crippen LogP contribution in [0, 0.1) is 5.92 Å². The van der Waals surface area contributed by atoms with Crippen molar-refractivity contribution in [1.29, 1.82) is 0 Å². The fourth-order valence-corrected chi connectivity index (χ4v) is 3.57. The third-order valence-corrected chi connectivity index (χ3v) is 6.13. The van der Waals surface area contributed by atoms with Gasteiger partial charge in [-0.15, -0.1) is 0 Å². The number of carboxylic acid groups (broad SMARTS) is 1. The fraction of sp³-hybridized carbons (Fsp3) is 0.520. The van der Waals surface area contributed by atoms with Crippen molar-refractivity contribution < 1.29 is 39.0 Å². The number of hydrogen-bond acceptors (Lipinski definition) is 8. The maximum absolute atomic E-state index is 13.2. The molecule has 0 radical (unpaired) electrons. The van der Waals surface area contributed by atoms with Crippen molar-refractivity contribution in [3.8, 4) is 5.75 Å². The number of benzene rings is 1. The summed E-state index contributed by atoms with van der Waals surface area (Å²) in [5.74, 6) is -5.55. The maximum Gasteiger partial charge on any atom is 0.326 e. The Morgan fingerprint density at radius 2 is 1.33 bits per heavy atom. The third kappa shape index (κ3) is 11.8. The van der Waals surface area contributed by atoms with Gasteiger partial charge in [0.1, 0.15) is 23.9 Å². The minimum atomic E-state index is -1.42. The molecule has 0 spiro atoms. The van der Waals surface area contributed by atoms with Crippen molar-refractivity contribution in [3.63, 3.8) is 0 Å². The Labute approximate surface area is 226 Å². The summed E-state index contributed by atoms with van der Waals surface area (Å²) in [4.78, 5) is 72.9. The van der Waals surface area contributed by atoms with Crippen LogP contribution in [0.3, 0.4) is 0 Å². The zero-order valence-corrected chi connectivity index (χ0v) is 22.0. The predicted molar refractivity (Wildman–Crippen MR) is 140 cm³/mol. The molecule has 5 atom stereocenters. The van der Waals surface area contributed by atoms with Crippen molar-refractivity contribution in [2.24, 2.45) is 23.1 Å². The summed E-state index contributed by atoms with van der Waals surface area (Å²) >= 11 is 0. The van der Waals surface area contributed by atoms with Crippen LogP contribution in [0.5, 0.6) is 5.75 Å². The van der Waals surface area contributed by atoms with Crippen LogP contribution in [0.15, 0.2) is 24.3 Å². The molecule has 0 aliphatic carbocycles. The number of carboxylic acids is 1. The first-order valence-electron chi connectivity index (χ1n) is 12.5. The van der Waals surface area contributed by atoms with E-state index in [1.165, 1.54) is 12.1 Å². The summed E-state index contributed by atoms with van der Waals surface area (Å²) in [6.45, 7) is 3.42. The second kappa shape index (κ2) is 15.9. The number of primary amides is 2. The Kier molecular flexibility index (Phi) is 13.4. The second-order valence-corrected chi connectivity index (χ2v) is 9.32. The summed E-state index contributed by atoms with van der Waals surface area (Å²) in [5, 5.41) is 26.1. The lowest BCUT2D eigenvalue weighted by Gasteiger charge is -2.28. The number of phenols is 1. The number of aliphatic carboxylic acids is 1. The van der Waals surface area contributed by atoms with Crippen molar-refractivity contribution in [1.82, 2.24) is 16.0 Å². The Hall–Kier alpha value is -4.20. The van der Waals surface area contributed by atoms with Crippen molar-refractivity contribution in [3.05, 3.63) is 29.8 Å². The van der Waals surface area contributed by atoms with Crippen LogP contribution < -0.4 is 33.2 Å². The number of phenolic OH excluding ortho intramolecular Hbond substituents is 1. The molecule has 0 saturated carbocycles. The molecule has 1 aromatic rings. The first kappa shape index (κ1) is 32.8. The lowest BCUT2D eigenvalue weighted by atomic mass is 9.96. The first-order valence-corrected chi connectivity index (χ1v) is 12.5. The number of nitrogens with two attached hydrogens (primary N) is 3. The number of rotatable bonds is 17. The SMILES string of the molecule is CCC(C)C(NC(=O)C(CCC(N)=O)NC(=O)C(N)Cc1ccc(O)cc1)C(=O)NC(CCC(N)=O)C(=O)O. The molecule has 216 valence electrons. The van der Waals surface area contributed by atoms with Gasteiger partial charge in [-0.2, -0.15) is 0 Å². The Balaban J connectivity index is 3.02. The number of nitrogens with one attached hydrogen (secondary N) is 3. The Bertz CT molecular complexity index is 1030. The number of hydrogen-bond donors (Lipinski definition) is 8. The minimum absolute atomic E-state index is 0.0439. The fourth-order valence-electron chi connectivity index (χ4n) is 3.57. The molecule has 0 bridgehead atoms. The van der Waals surface area contributed by atoms with E-state index in [1.54, 1.807) is 26.0 Å². The van der Waals surface area contributed by atoms with Crippen LogP contribution >= 0.6 is 0 Å². The van der Waals surface area contributed by atoms with Crippen molar-refractivity contribution in [2.45, 2.75) is 76.5 Å². The highest BCUT2D eigenvalue weighted by atomic mass is 16.4. The van der Waals surface area contributed by atoms with Gasteiger partial charge in [-0.25, -0.2) is 4.79 Å². The van der Waals surface area contributed by atoms with Gasteiger partial charge in [0.15, 0.2) is 0 Å². The van der Waals surface area contributed by atoms with Crippen LogP contribution in [0.25, 0.3) is 0 Å². The van der Waals surface area contributed by atoms with Crippen molar-refractivity contribution >= 4 is 35.5 Å². The first-order chi connectivity index (χ1) is 18.2. The average molecular weight is 551 g/mol. The Morgan fingerprint density at radius 3 is 1.82 bits per heavy atom.